The molecule has 3 aromatic rings. The van der Waals surface area contributed by atoms with Crippen molar-refractivity contribution >= 4 is 28.5 Å². The molecule has 0 fully saturated rings. The first-order chi connectivity index (χ1) is 13.4. The zero-order valence-corrected chi connectivity index (χ0v) is 16.8. The maximum Gasteiger partial charge on any atom is 0.352 e. The Bertz CT molecular complexity index is 998. The second kappa shape index (κ2) is 8.76. The fourth-order valence-electron chi connectivity index (χ4n) is 3.39. The van der Waals surface area contributed by atoms with Crippen molar-refractivity contribution in [1.82, 2.24) is 9.88 Å². The number of fused-ring (bicyclic) bond motifs is 1. The summed E-state index contributed by atoms with van der Waals surface area (Å²) in [5.41, 5.74) is 2.48. The van der Waals surface area contributed by atoms with Crippen LogP contribution in [0.4, 0.5) is 4.39 Å². The Hall–Kier alpha value is -2.37. The van der Waals surface area contributed by atoms with Gasteiger partial charge < -0.3 is 15.0 Å². The van der Waals surface area contributed by atoms with Gasteiger partial charge in [-0.3, -0.25) is 0 Å². The molecule has 0 aliphatic heterocycles. The van der Waals surface area contributed by atoms with Crippen LogP contribution in [0, 0.1) is 11.7 Å². The van der Waals surface area contributed by atoms with Crippen molar-refractivity contribution in [3.8, 4) is 0 Å². The number of carboxylic acids is 1. The number of hydrogen-bond acceptors (Lipinski definition) is 2. The fraction of sp³-hybridized carbons (Fsp3) is 0.318. The van der Waals surface area contributed by atoms with E-state index in [2.05, 4.69) is 19.2 Å². The molecule has 3 rings (SSSR count). The van der Waals surface area contributed by atoms with Gasteiger partial charge in [-0.2, -0.15) is 0 Å². The number of hydrogen-bond donors (Lipinski definition) is 2. The largest absolute Gasteiger partial charge is 0.477 e. The highest BCUT2D eigenvalue weighted by atomic mass is 35.5. The second-order valence-corrected chi connectivity index (χ2v) is 7.74. The number of rotatable bonds is 8. The number of halogens is 2. The molecule has 0 bridgehead atoms. The van der Waals surface area contributed by atoms with Gasteiger partial charge in [-0.15, -0.1) is 0 Å². The van der Waals surface area contributed by atoms with Gasteiger partial charge >= 0.3 is 5.97 Å². The molecule has 28 heavy (non-hydrogen) atoms. The normalized spacial score (nSPS) is 11.5. The summed E-state index contributed by atoms with van der Waals surface area (Å²) < 4.78 is 15.1. The van der Waals surface area contributed by atoms with E-state index in [1.165, 1.54) is 12.1 Å². The molecule has 0 amide bonds. The number of para-hydroxylation sites is 1. The number of benzene rings is 2. The van der Waals surface area contributed by atoms with Crippen molar-refractivity contribution in [2.45, 2.75) is 33.4 Å². The zero-order chi connectivity index (χ0) is 20.3. The predicted octanol–water partition coefficient (Wildman–Crippen LogP) is 5.32. The van der Waals surface area contributed by atoms with Crippen LogP contribution in [0.2, 0.25) is 5.02 Å². The van der Waals surface area contributed by atoms with Gasteiger partial charge in [0.15, 0.2) is 0 Å². The zero-order valence-electron chi connectivity index (χ0n) is 16.0. The number of aromatic carboxylic acids is 1. The van der Waals surface area contributed by atoms with E-state index in [0.29, 0.717) is 18.0 Å². The Labute approximate surface area is 168 Å². The van der Waals surface area contributed by atoms with Crippen LogP contribution in [0.15, 0.2) is 42.5 Å². The van der Waals surface area contributed by atoms with Crippen LogP contribution >= 0.6 is 11.6 Å². The average molecular weight is 403 g/mol. The Morgan fingerprint density at radius 2 is 2.00 bits per heavy atom. The third-order valence-electron chi connectivity index (χ3n) is 4.82. The standard InChI is InChI=1S/C22H24ClFN2O2/c1-14(2)9-10-25-12-18-17-5-3-4-6-20(17)26(21(18)22(27)28)13-15-7-8-16(24)11-19(15)23/h3-8,11,14,25H,9-10,12-13H2,1-2H3,(H,27,28). The number of carboxylic acid groups (broad SMARTS) is 1. The molecular weight excluding hydrogens is 379 g/mol. The van der Waals surface area contributed by atoms with Crippen LogP contribution in [0.3, 0.4) is 0 Å². The van der Waals surface area contributed by atoms with Gasteiger partial charge in [0.05, 0.1) is 0 Å². The number of carbonyl (C=O) groups is 1. The number of nitrogens with zero attached hydrogens (tertiary/aromatic N) is 1. The van der Waals surface area contributed by atoms with E-state index >= 15 is 0 Å². The molecule has 0 aliphatic carbocycles. The minimum absolute atomic E-state index is 0.235. The van der Waals surface area contributed by atoms with E-state index in [0.717, 1.165) is 29.4 Å². The van der Waals surface area contributed by atoms with Crippen molar-refractivity contribution in [3.05, 3.63) is 70.1 Å². The van der Waals surface area contributed by atoms with E-state index in [1.54, 1.807) is 10.6 Å². The van der Waals surface area contributed by atoms with Crippen LogP contribution in [0.5, 0.6) is 0 Å². The fourth-order valence-corrected chi connectivity index (χ4v) is 3.61. The molecule has 0 spiro atoms. The Morgan fingerprint density at radius 1 is 1.25 bits per heavy atom. The average Bonchev–Trinajstić information content (AvgIpc) is 2.95. The summed E-state index contributed by atoms with van der Waals surface area (Å²) in [6.07, 6.45) is 1.02. The Morgan fingerprint density at radius 3 is 2.68 bits per heavy atom. The van der Waals surface area contributed by atoms with Crippen molar-refractivity contribution in [2.75, 3.05) is 6.54 Å². The molecule has 0 radical (unpaired) electrons. The van der Waals surface area contributed by atoms with Crippen LogP contribution in [0.1, 0.15) is 41.9 Å². The molecule has 2 aromatic carbocycles. The second-order valence-electron chi connectivity index (χ2n) is 7.33. The van der Waals surface area contributed by atoms with Crippen LogP contribution < -0.4 is 5.32 Å². The minimum atomic E-state index is -0.991. The molecule has 0 saturated carbocycles. The van der Waals surface area contributed by atoms with Gasteiger partial charge in [0.1, 0.15) is 11.5 Å². The monoisotopic (exact) mass is 402 g/mol. The van der Waals surface area contributed by atoms with Crippen LogP contribution in [-0.4, -0.2) is 22.2 Å². The highest BCUT2D eigenvalue weighted by molar-refractivity contribution is 6.31. The van der Waals surface area contributed by atoms with E-state index in [1.807, 2.05) is 24.3 Å². The van der Waals surface area contributed by atoms with E-state index in [4.69, 9.17) is 11.6 Å². The smallest absolute Gasteiger partial charge is 0.352 e. The first-order valence-electron chi connectivity index (χ1n) is 9.36. The first kappa shape index (κ1) is 20.4. The third-order valence-corrected chi connectivity index (χ3v) is 5.17. The van der Waals surface area contributed by atoms with Crippen molar-refractivity contribution in [3.63, 3.8) is 0 Å². The van der Waals surface area contributed by atoms with Gasteiger partial charge in [-0.25, -0.2) is 9.18 Å². The van der Waals surface area contributed by atoms with E-state index in [-0.39, 0.29) is 17.3 Å². The van der Waals surface area contributed by atoms with Gasteiger partial charge in [0, 0.05) is 34.6 Å². The highest BCUT2D eigenvalue weighted by Gasteiger charge is 2.22. The maximum atomic E-state index is 13.4. The summed E-state index contributed by atoms with van der Waals surface area (Å²) in [4.78, 5) is 12.1. The third kappa shape index (κ3) is 4.37. The maximum absolute atomic E-state index is 13.4. The summed E-state index contributed by atoms with van der Waals surface area (Å²) in [7, 11) is 0. The summed E-state index contributed by atoms with van der Waals surface area (Å²) in [6, 6.07) is 11.8. The van der Waals surface area contributed by atoms with Crippen molar-refractivity contribution in [1.29, 1.82) is 0 Å². The Kier molecular flexibility index (Phi) is 6.37. The summed E-state index contributed by atoms with van der Waals surface area (Å²) in [5, 5.41) is 14.5. The summed E-state index contributed by atoms with van der Waals surface area (Å²) in [5.74, 6) is -0.830. The molecule has 0 saturated heterocycles. The predicted molar refractivity (Wildman–Crippen MR) is 111 cm³/mol. The van der Waals surface area contributed by atoms with Crippen LogP contribution in [0.25, 0.3) is 10.9 Å². The Balaban J connectivity index is 2.03. The molecule has 0 unspecified atom stereocenters. The SMILES string of the molecule is CC(C)CCNCc1c(C(=O)O)n(Cc2ccc(F)cc2Cl)c2ccccc12. The van der Waals surface area contributed by atoms with Gasteiger partial charge in [-0.1, -0.05) is 49.7 Å². The minimum Gasteiger partial charge on any atom is -0.477 e. The lowest BCUT2D eigenvalue weighted by Crippen LogP contribution is -2.19. The molecule has 2 N–H and O–H groups in total. The topological polar surface area (TPSA) is 54.3 Å². The van der Waals surface area contributed by atoms with Gasteiger partial charge in [0.2, 0.25) is 0 Å². The van der Waals surface area contributed by atoms with Crippen molar-refractivity contribution in [2.24, 2.45) is 5.92 Å². The number of nitrogens with one attached hydrogen (secondary N) is 1. The lowest BCUT2D eigenvalue weighted by atomic mass is 10.1. The summed E-state index contributed by atoms with van der Waals surface area (Å²) in [6.45, 7) is 5.86. The molecular formula is C22H24ClFN2O2. The molecule has 1 aromatic heterocycles. The molecule has 0 aliphatic rings. The first-order valence-corrected chi connectivity index (χ1v) is 9.74. The molecule has 148 valence electrons. The van der Waals surface area contributed by atoms with Gasteiger partial charge in [0.25, 0.3) is 0 Å². The summed E-state index contributed by atoms with van der Waals surface area (Å²) >= 11 is 6.19. The van der Waals surface area contributed by atoms with Crippen LogP contribution in [-0.2, 0) is 13.1 Å². The molecule has 1 heterocycles. The quantitative estimate of drug-likeness (QED) is 0.501. The molecule has 4 nitrogen and oxygen atoms in total. The van der Waals surface area contributed by atoms with Crippen molar-refractivity contribution < 1.29 is 14.3 Å². The highest BCUT2D eigenvalue weighted by Crippen LogP contribution is 2.29. The number of aromatic nitrogens is 1. The lowest BCUT2D eigenvalue weighted by Gasteiger charge is -2.11. The molecule has 6 heteroatoms. The van der Waals surface area contributed by atoms with E-state index in [9.17, 15) is 14.3 Å². The molecule has 0 atom stereocenters. The van der Waals surface area contributed by atoms with E-state index < -0.39 is 11.8 Å². The lowest BCUT2D eigenvalue weighted by molar-refractivity contribution is 0.0684. The van der Waals surface area contributed by atoms with Gasteiger partial charge in [-0.05, 0) is 42.6 Å².